The minimum atomic E-state index is -4.10. The molecule has 0 spiro atoms. The molecule has 0 aromatic rings. The first-order valence-corrected chi connectivity index (χ1v) is 9.40. The highest BCUT2D eigenvalue weighted by Crippen LogP contribution is 2.21. The molecule has 0 saturated heterocycles. The van der Waals surface area contributed by atoms with Crippen molar-refractivity contribution in [3.63, 3.8) is 0 Å². The van der Waals surface area contributed by atoms with E-state index in [1.54, 1.807) is 0 Å². The van der Waals surface area contributed by atoms with Gasteiger partial charge < -0.3 is 13.8 Å². The Hall–Kier alpha value is -0.660. The van der Waals surface area contributed by atoms with E-state index in [9.17, 15) is 17.8 Å². The van der Waals surface area contributed by atoms with Gasteiger partial charge in [0.05, 0.1) is 49.3 Å². The summed E-state index contributed by atoms with van der Waals surface area (Å²) in [5.41, 5.74) is -0.436. The molecule has 0 aliphatic carbocycles. The second-order valence-corrected chi connectivity index (χ2v) is 8.60. The summed E-state index contributed by atoms with van der Waals surface area (Å²) in [6.07, 6.45) is 2.60. The molecule has 7 heteroatoms. The van der Waals surface area contributed by atoms with Gasteiger partial charge in [-0.25, -0.2) is 8.42 Å². The normalized spacial score (nSPS) is 13.2. The number of hydrogen-bond acceptors (Lipinski definition) is 5. The first kappa shape index (κ1) is 21.3. The van der Waals surface area contributed by atoms with Gasteiger partial charge in [-0.05, 0) is 33.1 Å². The predicted octanol–water partition coefficient (Wildman–Crippen LogP) is 1.76. The SMILES string of the molecule is CCC(C)(C)C(=O)OCCC[N+](C)(C)CCCCS(=O)(=O)[O-]. The lowest BCUT2D eigenvalue weighted by molar-refractivity contribution is -0.890. The Balaban J connectivity index is 3.91. The third kappa shape index (κ3) is 10.1. The molecule has 0 rings (SSSR count). The van der Waals surface area contributed by atoms with Gasteiger partial charge in [-0.15, -0.1) is 0 Å². The van der Waals surface area contributed by atoms with E-state index >= 15 is 0 Å². The van der Waals surface area contributed by atoms with E-state index in [0.29, 0.717) is 23.9 Å². The lowest BCUT2D eigenvalue weighted by Crippen LogP contribution is -2.42. The molecule has 0 bridgehead atoms. The lowest BCUT2D eigenvalue weighted by atomic mass is 9.91. The number of carbonyl (C=O) groups excluding carboxylic acids is 1. The summed E-state index contributed by atoms with van der Waals surface area (Å²) in [5.74, 6) is -0.461. The van der Waals surface area contributed by atoms with Crippen LogP contribution in [-0.2, 0) is 19.6 Å². The van der Waals surface area contributed by atoms with Crippen LogP contribution in [0.3, 0.4) is 0 Å². The second-order valence-electron chi connectivity index (χ2n) is 7.08. The monoisotopic (exact) mass is 337 g/mol. The van der Waals surface area contributed by atoms with Crippen molar-refractivity contribution in [2.75, 3.05) is 39.5 Å². The van der Waals surface area contributed by atoms with Crippen molar-refractivity contribution in [3.8, 4) is 0 Å². The van der Waals surface area contributed by atoms with Crippen LogP contribution in [0.1, 0.15) is 46.5 Å². The number of nitrogens with zero attached hydrogens (tertiary/aromatic N) is 1. The number of carbonyl (C=O) groups is 1. The van der Waals surface area contributed by atoms with Crippen LogP contribution in [0, 0.1) is 5.41 Å². The van der Waals surface area contributed by atoms with Gasteiger partial charge >= 0.3 is 5.97 Å². The molecule has 0 amide bonds. The Morgan fingerprint density at radius 2 is 1.68 bits per heavy atom. The van der Waals surface area contributed by atoms with E-state index in [4.69, 9.17) is 4.74 Å². The van der Waals surface area contributed by atoms with Gasteiger partial charge in [0.15, 0.2) is 0 Å². The van der Waals surface area contributed by atoms with Gasteiger partial charge in [-0.1, -0.05) is 6.92 Å². The fraction of sp³-hybridized carbons (Fsp3) is 0.933. The third-order valence-corrected chi connectivity index (χ3v) is 4.77. The van der Waals surface area contributed by atoms with Crippen molar-refractivity contribution >= 4 is 16.1 Å². The number of unbranched alkanes of at least 4 members (excludes halogenated alkanes) is 1. The van der Waals surface area contributed by atoms with Gasteiger partial charge in [0.1, 0.15) is 0 Å². The number of esters is 1. The van der Waals surface area contributed by atoms with Crippen molar-refractivity contribution in [1.82, 2.24) is 0 Å². The number of ether oxygens (including phenoxy) is 1. The second kappa shape index (κ2) is 8.84. The molecule has 6 nitrogen and oxygen atoms in total. The van der Waals surface area contributed by atoms with E-state index in [0.717, 1.165) is 25.9 Å². The van der Waals surface area contributed by atoms with Crippen LogP contribution in [0.4, 0.5) is 0 Å². The largest absolute Gasteiger partial charge is 0.748 e. The Morgan fingerprint density at radius 1 is 1.14 bits per heavy atom. The highest BCUT2D eigenvalue weighted by Gasteiger charge is 2.27. The molecule has 22 heavy (non-hydrogen) atoms. The molecule has 0 heterocycles. The van der Waals surface area contributed by atoms with Crippen molar-refractivity contribution < 1.29 is 27.0 Å². The van der Waals surface area contributed by atoms with Crippen LogP contribution in [0.5, 0.6) is 0 Å². The molecular formula is C15H31NO5S. The highest BCUT2D eigenvalue weighted by atomic mass is 32.2. The molecule has 0 fully saturated rings. The van der Waals surface area contributed by atoms with Gasteiger partial charge in [-0.2, -0.15) is 0 Å². The van der Waals surface area contributed by atoms with E-state index in [1.165, 1.54) is 0 Å². The zero-order valence-corrected chi connectivity index (χ0v) is 15.4. The van der Waals surface area contributed by atoms with Crippen LogP contribution < -0.4 is 0 Å². The first-order valence-electron chi connectivity index (χ1n) is 7.82. The minimum Gasteiger partial charge on any atom is -0.748 e. The van der Waals surface area contributed by atoms with Gasteiger partial charge in [-0.3, -0.25) is 4.79 Å². The molecule has 0 aliphatic heterocycles. The van der Waals surface area contributed by atoms with Gasteiger partial charge in [0.25, 0.3) is 0 Å². The molecule has 132 valence electrons. The topological polar surface area (TPSA) is 83.5 Å². The van der Waals surface area contributed by atoms with Crippen LogP contribution in [0.25, 0.3) is 0 Å². The van der Waals surface area contributed by atoms with Crippen molar-refractivity contribution in [2.24, 2.45) is 5.41 Å². The van der Waals surface area contributed by atoms with Gasteiger partial charge in [0.2, 0.25) is 0 Å². The van der Waals surface area contributed by atoms with E-state index in [1.807, 2.05) is 34.9 Å². The van der Waals surface area contributed by atoms with Gasteiger partial charge in [0, 0.05) is 12.2 Å². The quantitative estimate of drug-likeness (QED) is 0.248. The minimum absolute atomic E-state index is 0.166. The predicted molar refractivity (Wildman–Crippen MR) is 85.3 cm³/mol. The van der Waals surface area contributed by atoms with Crippen LogP contribution in [0.15, 0.2) is 0 Å². The average Bonchev–Trinajstić information content (AvgIpc) is 2.38. The van der Waals surface area contributed by atoms with Crippen molar-refractivity contribution in [3.05, 3.63) is 0 Å². The number of rotatable bonds is 11. The molecule has 0 N–H and O–H groups in total. The maximum absolute atomic E-state index is 11.8. The summed E-state index contributed by atoms with van der Waals surface area (Å²) in [7, 11) is -0.0130. The fourth-order valence-corrected chi connectivity index (χ4v) is 2.49. The van der Waals surface area contributed by atoms with Crippen LogP contribution in [0.2, 0.25) is 0 Å². The zero-order valence-electron chi connectivity index (χ0n) is 14.6. The molecule has 0 atom stereocenters. The molecular weight excluding hydrogens is 306 g/mol. The average molecular weight is 337 g/mol. The molecule has 0 aromatic heterocycles. The molecule has 0 unspecified atom stereocenters. The molecule has 0 aliphatic rings. The van der Waals surface area contributed by atoms with E-state index in [2.05, 4.69) is 0 Å². The maximum atomic E-state index is 11.8. The Labute approximate surface area is 135 Å². The molecule has 0 saturated carbocycles. The summed E-state index contributed by atoms with van der Waals surface area (Å²) < 4.78 is 37.6. The van der Waals surface area contributed by atoms with Crippen LogP contribution >= 0.6 is 0 Å². The first-order chi connectivity index (χ1) is 9.90. The summed E-state index contributed by atoms with van der Waals surface area (Å²) in [5, 5.41) is 0. The van der Waals surface area contributed by atoms with Crippen molar-refractivity contribution in [2.45, 2.75) is 46.5 Å². The lowest BCUT2D eigenvalue weighted by Gasteiger charge is -2.30. The zero-order chi connectivity index (χ0) is 17.4. The number of hydrogen-bond donors (Lipinski definition) is 0. The Morgan fingerprint density at radius 3 is 2.18 bits per heavy atom. The summed E-state index contributed by atoms with van der Waals surface area (Å²) in [6.45, 7) is 7.74. The maximum Gasteiger partial charge on any atom is 0.311 e. The summed E-state index contributed by atoms with van der Waals surface area (Å²) in [6, 6.07) is 0. The smallest absolute Gasteiger partial charge is 0.311 e. The van der Waals surface area contributed by atoms with Crippen LogP contribution in [-0.4, -0.2) is 63.0 Å². The standard InChI is InChI=1S/C15H31NO5S/c1-6-15(2,3)14(17)21-12-9-11-16(4,5)10-7-8-13-22(18,19)20/h6-13H2,1-5H3. The Kier molecular flexibility index (Phi) is 8.57. The third-order valence-electron chi connectivity index (χ3n) is 3.99. The van der Waals surface area contributed by atoms with Crippen molar-refractivity contribution in [1.29, 1.82) is 0 Å². The fourth-order valence-electron chi connectivity index (χ4n) is 1.93. The highest BCUT2D eigenvalue weighted by molar-refractivity contribution is 7.85. The summed E-state index contributed by atoms with van der Waals surface area (Å²) >= 11 is 0. The van der Waals surface area contributed by atoms with E-state index in [-0.39, 0.29) is 11.7 Å². The molecule has 0 radical (unpaired) electrons. The Bertz CT molecular complexity index is 443. The summed E-state index contributed by atoms with van der Waals surface area (Å²) in [4.78, 5) is 11.8. The number of quaternary nitrogens is 1. The van der Waals surface area contributed by atoms with E-state index < -0.39 is 15.5 Å². The molecule has 0 aromatic carbocycles.